The second-order valence-corrected chi connectivity index (χ2v) is 5.84. The number of benzene rings is 1. The summed E-state index contributed by atoms with van der Waals surface area (Å²) in [7, 11) is 0. The lowest BCUT2D eigenvalue weighted by molar-refractivity contribution is 0.522. The number of nitrogens with zero attached hydrogens (tertiary/aromatic N) is 2. The highest BCUT2D eigenvalue weighted by molar-refractivity contribution is 9.10. The van der Waals surface area contributed by atoms with Gasteiger partial charge in [0.25, 0.3) is 0 Å². The molecule has 0 unspecified atom stereocenters. The predicted octanol–water partition coefficient (Wildman–Crippen LogP) is 4.02. The van der Waals surface area contributed by atoms with E-state index >= 15 is 0 Å². The highest BCUT2D eigenvalue weighted by atomic mass is 79.9. The van der Waals surface area contributed by atoms with Crippen LogP contribution in [0.15, 0.2) is 45.5 Å². The summed E-state index contributed by atoms with van der Waals surface area (Å²) >= 11 is 8.56. The van der Waals surface area contributed by atoms with Gasteiger partial charge in [-0.15, -0.1) is 0 Å². The maximum atomic E-state index is 5.85. The van der Waals surface area contributed by atoms with Gasteiger partial charge in [-0.25, -0.2) is 4.68 Å². The van der Waals surface area contributed by atoms with Gasteiger partial charge >= 0.3 is 0 Å². The molecule has 2 heterocycles. The quantitative estimate of drug-likeness (QED) is 0.686. The molecule has 2 N–H and O–H groups in total. The number of nitrogens with one attached hydrogen (secondary N) is 2. The van der Waals surface area contributed by atoms with E-state index in [1.807, 2.05) is 24.3 Å². The van der Waals surface area contributed by atoms with E-state index in [9.17, 15) is 0 Å². The molecule has 108 valence electrons. The molecular formula is C14H13BrN4OS. The van der Waals surface area contributed by atoms with Crippen molar-refractivity contribution in [3.05, 3.63) is 57.2 Å². The predicted molar refractivity (Wildman–Crippen MR) is 87.1 cm³/mol. The zero-order valence-corrected chi connectivity index (χ0v) is 13.7. The lowest BCUT2D eigenvalue weighted by Crippen LogP contribution is -2.12. The molecule has 0 fully saturated rings. The number of aromatic nitrogens is 3. The lowest BCUT2D eigenvalue weighted by atomic mass is 10.1. The molecule has 0 aliphatic heterocycles. The van der Waals surface area contributed by atoms with Crippen LogP contribution in [0.5, 0.6) is 0 Å². The van der Waals surface area contributed by atoms with Crippen LogP contribution in [-0.4, -0.2) is 14.9 Å². The first-order chi connectivity index (χ1) is 10.1. The number of rotatable bonds is 4. The highest BCUT2D eigenvalue weighted by Gasteiger charge is 2.06. The van der Waals surface area contributed by atoms with Crippen molar-refractivity contribution < 1.29 is 4.42 Å². The maximum absolute atomic E-state index is 5.85. The summed E-state index contributed by atoms with van der Waals surface area (Å²) in [6.07, 6.45) is 1.59. The first-order valence-corrected chi connectivity index (χ1v) is 7.55. The number of aromatic amines is 1. The third kappa shape index (κ3) is 3.08. The largest absolute Gasteiger partial charge is 0.459 e. The first-order valence-electron chi connectivity index (χ1n) is 6.34. The number of aryl methyl sites for hydroxylation is 1. The molecule has 0 aliphatic rings. The van der Waals surface area contributed by atoms with Crippen molar-refractivity contribution in [2.24, 2.45) is 0 Å². The third-order valence-electron chi connectivity index (χ3n) is 3.08. The summed E-state index contributed by atoms with van der Waals surface area (Å²) in [6.45, 7) is 2.59. The third-order valence-corrected chi connectivity index (χ3v) is 4.26. The standard InChI is InChI=1S/C14H13BrN4OS/c1-9-6-10(2-4-12(9)15)13-5-3-11(20-13)7-17-19-8-16-18-14(19)21/h2-6,8,17H,7H2,1H3,(H,18,21). The zero-order valence-electron chi connectivity index (χ0n) is 11.3. The molecule has 0 aliphatic carbocycles. The summed E-state index contributed by atoms with van der Waals surface area (Å²) < 4.78 is 9.10. The molecule has 0 saturated carbocycles. The SMILES string of the molecule is Cc1cc(-c2ccc(CNn3cn[nH]c3=S)o2)ccc1Br. The molecule has 3 rings (SSSR count). The Morgan fingerprint density at radius 1 is 1.38 bits per heavy atom. The van der Waals surface area contributed by atoms with Crippen LogP contribution >= 0.6 is 28.1 Å². The Kier molecular flexibility index (Phi) is 3.94. The van der Waals surface area contributed by atoms with Crippen molar-refractivity contribution in [3.63, 3.8) is 0 Å². The maximum Gasteiger partial charge on any atom is 0.214 e. The van der Waals surface area contributed by atoms with Gasteiger partial charge < -0.3 is 9.84 Å². The van der Waals surface area contributed by atoms with Crippen molar-refractivity contribution >= 4 is 28.1 Å². The van der Waals surface area contributed by atoms with E-state index in [0.717, 1.165) is 21.6 Å². The number of H-pyrrole nitrogens is 1. The normalized spacial score (nSPS) is 10.8. The molecule has 2 aromatic heterocycles. The van der Waals surface area contributed by atoms with Crippen LogP contribution in [-0.2, 0) is 6.54 Å². The van der Waals surface area contributed by atoms with Gasteiger partial charge in [0.15, 0.2) is 0 Å². The number of hydrogen-bond acceptors (Lipinski definition) is 4. The Bertz CT molecular complexity index is 820. The molecule has 0 amide bonds. The van der Waals surface area contributed by atoms with E-state index in [-0.39, 0.29) is 0 Å². The Hall–Kier alpha value is -1.86. The monoisotopic (exact) mass is 364 g/mol. The molecule has 21 heavy (non-hydrogen) atoms. The first kappa shape index (κ1) is 14.1. The number of furan rings is 1. The Labute approximate surface area is 135 Å². The summed E-state index contributed by atoms with van der Waals surface area (Å²) in [4.78, 5) is 0. The van der Waals surface area contributed by atoms with Gasteiger partial charge in [-0.3, -0.25) is 5.10 Å². The van der Waals surface area contributed by atoms with Gasteiger partial charge in [-0.05, 0) is 49.0 Å². The minimum atomic E-state index is 0.519. The van der Waals surface area contributed by atoms with Crippen molar-refractivity contribution in [2.45, 2.75) is 13.5 Å². The minimum absolute atomic E-state index is 0.519. The summed E-state index contributed by atoms with van der Waals surface area (Å²) in [5.74, 6) is 1.67. The van der Waals surface area contributed by atoms with E-state index in [1.54, 1.807) is 11.0 Å². The molecule has 0 atom stereocenters. The molecule has 3 aromatic rings. The van der Waals surface area contributed by atoms with Crippen LogP contribution in [0.1, 0.15) is 11.3 Å². The zero-order chi connectivity index (χ0) is 14.8. The Balaban J connectivity index is 1.75. The van der Waals surface area contributed by atoms with E-state index in [4.69, 9.17) is 16.6 Å². The fraction of sp³-hybridized carbons (Fsp3) is 0.143. The minimum Gasteiger partial charge on any atom is -0.459 e. The van der Waals surface area contributed by atoms with Gasteiger partial charge in [-0.1, -0.05) is 22.0 Å². The van der Waals surface area contributed by atoms with E-state index in [0.29, 0.717) is 11.3 Å². The van der Waals surface area contributed by atoms with Gasteiger partial charge in [0.1, 0.15) is 17.8 Å². The molecule has 7 heteroatoms. The Morgan fingerprint density at radius 3 is 2.95 bits per heavy atom. The van der Waals surface area contributed by atoms with Crippen LogP contribution in [0.4, 0.5) is 0 Å². The topological polar surface area (TPSA) is 58.8 Å². The van der Waals surface area contributed by atoms with E-state index in [1.165, 1.54) is 5.56 Å². The fourth-order valence-corrected chi connectivity index (χ4v) is 2.36. The van der Waals surface area contributed by atoms with Gasteiger partial charge in [0.05, 0.1) is 6.54 Å². The van der Waals surface area contributed by atoms with Crippen LogP contribution in [0, 0.1) is 11.7 Å². The van der Waals surface area contributed by atoms with Crippen molar-refractivity contribution in [1.82, 2.24) is 14.9 Å². The molecule has 0 bridgehead atoms. The summed E-state index contributed by atoms with van der Waals surface area (Å²) in [5.41, 5.74) is 5.34. The highest BCUT2D eigenvalue weighted by Crippen LogP contribution is 2.26. The molecule has 0 saturated heterocycles. The Morgan fingerprint density at radius 2 is 2.24 bits per heavy atom. The average Bonchev–Trinajstić information content (AvgIpc) is 3.09. The number of halogens is 1. The molecular weight excluding hydrogens is 352 g/mol. The van der Waals surface area contributed by atoms with Gasteiger partial charge in [0.2, 0.25) is 4.77 Å². The smallest absolute Gasteiger partial charge is 0.214 e. The summed E-state index contributed by atoms with van der Waals surface area (Å²) in [5, 5.41) is 6.52. The average molecular weight is 365 g/mol. The van der Waals surface area contributed by atoms with Crippen molar-refractivity contribution in [3.8, 4) is 11.3 Å². The van der Waals surface area contributed by atoms with Gasteiger partial charge in [0, 0.05) is 10.0 Å². The van der Waals surface area contributed by atoms with Crippen molar-refractivity contribution in [2.75, 3.05) is 5.43 Å². The molecule has 1 aromatic carbocycles. The summed E-state index contributed by atoms with van der Waals surface area (Å²) in [6, 6.07) is 10.1. The van der Waals surface area contributed by atoms with Crippen molar-refractivity contribution in [1.29, 1.82) is 0 Å². The molecule has 5 nitrogen and oxygen atoms in total. The number of hydrogen-bond donors (Lipinski definition) is 2. The van der Waals surface area contributed by atoms with Crippen LogP contribution < -0.4 is 5.43 Å². The van der Waals surface area contributed by atoms with Crippen LogP contribution in [0.2, 0.25) is 0 Å². The fourth-order valence-electron chi connectivity index (χ4n) is 1.95. The molecule has 0 spiro atoms. The lowest BCUT2D eigenvalue weighted by Gasteiger charge is -2.04. The van der Waals surface area contributed by atoms with E-state index < -0.39 is 0 Å². The molecule has 0 radical (unpaired) electrons. The van der Waals surface area contributed by atoms with Crippen LogP contribution in [0.25, 0.3) is 11.3 Å². The second kappa shape index (κ2) is 5.87. The second-order valence-electron chi connectivity index (χ2n) is 4.60. The van der Waals surface area contributed by atoms with Crippen LogP contribution in [0.3, 0.4) is 0 Å². The van der Waals surface area contributed by atoms with E-state index in [2.05, 4.69) is 44.5 Å². The van der Waals surface area contributed by atoms with Gasteiger partial charge in [-0.2, -0.15) is 5.10 Å².